The maximum atomic E-state index is 12.4. The van der Waals surface area contributed by atoms with Gasteiger partial charge in [0.05, 0.1) is 11.5 Å². The van der Waals surface area contributed by atoms with Crippen LogP contribution in [0.25, 0.3) is 10.4 Å². The fourth-order valence-corrected chi connectivity index (χ4v) is 2.39. The van der Waals surface area contributed by atoms with Crippen molar-refractivity contribution in [1.82, 2.24) is 4.98 Å². The Kier molecular flexibility index (Phi) is 4.81. The summed E-state index contributed by atoms with van der Waals surface area (Å²) in [7, 11) is 1.64. The molecule has 0 unspecified atom stereocenters. The fraction of sp³-hybridized carbons (Fsp3) is 0.308. The maximum Gasteiger partial charge on any atom is 0.263 e. The lowest BCUT2D eigenvalue weighted by molar-refractivity contribution is 0.151. The molecular weight excluding hydrogens is 270 g/mol. The van der Waals surface area contributed by atoms with E-state index >= 15 is 0 Å². The summed E-state index contributed by atoms with van der Waals surface area (Å²) in [5, 5.41) is 3.92. The van der Waals surface area contributed by atoms with Gasteiger partial charge in [0.2, 0.25) is 0 Å². The zero-order chi connectivity index (χ0) is 13.7. The first-order valence-electron chi connectivity index (χ1n) is 5.78. The predicted molar refractivity (Wildman–Crippen MR) is 72.9 cm³/mol. The normalized spacial score (nSPS) is 10.9. The molecule has 2 aromatic rings. The average molecular weight is 284 g/mol. The van der Waals surface area contributed by atoms with Crippen molar-refractivity contribution in [3.63, 3.8) is 0 Å². The molecule has 0 aliphatic rings. The van der Waals surface area contributed by atoms with Crippen LogP contribution in [0.15, 0.2) is 30.5 Å². The number of alkyl halides is 2. The van der Waals surface area contributed by atoms with Crippen LogP contribution in [0.1, 0.15) is 12.0 Å². The molecule has 1 heterocycles. The number of ether oxygens (including phenoxy) is 1. The summed E-state index contributed by atoms with van der Waals surface area (Å²) in [5.41, 5.74) is 0.924. The molecule has 0 fully saturated rings. The molecular formula is C13H14F2N2OS. The molecule has 0 spiro atoms. The van der Waals surface area contributed by atoms with Gasteiger partial charge in [0.1, 0.15) is 0 Å². The number of halogens is 2. The van der Waals surface area contributed by atoms with Crippen molar-refractivity contribution in [1.29, 1.82) is 0 Å². The van der Waals surface area contributed by atoms with Crippen LogP contribution >= 0.6 is 11.3 Å². The number of benzene rings is 1. The standard InChI is InChI=1S/C13H14F2N2OS/c1-18-7-6-16-13-17-8-11(19-13)9-2-4-10(5-3-9)12(14)15/h2-5,8,12H,6-7H2,1H3,(H,16,17). The van der Waals surface area contributed by atoms with Gasteiger partial charge in [0.25, 0.3) is 6.43 Å². The molecule has 1 N–H and O–H groups in total. The highest BCUT2D eigenvalue weighted by Gasteiger charge is 2.08. The van der Waals surface area contributed by atoms with Gasteiger partial charge in [-0.1, -0.05) is 35.6 Å². The summed E-state index contributed by atoms with van der Waals surface area (Å²) in [4.78, 5) is 5.17. The van der Waals surface area contributed by atoms with E-state index in [-0.39, 0.29) is 5.56 Å². The summed E-state index contributed by atoms with van der Waals surface area (Å²) in [6.45, 7) is 1.30. The number of methoxy groups -OCH3 is 1. The molecule has 0 aliphatic carbocycles. The SMILES string of the molecule is COCCNc1ncc(-c2ccc(C(F)F)cc2)s1. The molecule has 19 heavy (non-hydrogen) atoms. The lowest BCUT2D eigenvalue weighted by Crippen LogP contribution is -2.06. The summed E-state index contributed by atoms with van der Waals surface area (Å²) in [5.74, 6) is 0. The summed E-state index contributed by atoms with van der Waals surface area (Å²) < 4.78 is 29.8. The van der Waals surface area contributed by atoms with Gasteiger partial charge in [-0.3, -0.25) is 0 Å². The molecule has 0 bridgehead atoms. The topological polar surface area (TPSA) is 34.1 Å². The second-order valence-corrected chi connectivity index (χ2v) is 4.90. The largest absolute Gasteiger partial charge is 0.383 e. The number of nitrogens with one attached hydrogen (secondary N) is 1. The summed E-state index contributed by atoms with van der Waals surface area (Å²) in [6, 6.07) is 6.26. The smallest absolute Gasteiger partial charge is 0.263 e. The number of hydrogen-bond donors (Lipinski definition) is 1. The Labute approximate surface area is 114 Å². The highest BCUT2D eigenvalue weighted by Crippen LogP contribution is 2.30. The van der Waals surface area contributed by atoms with E-state index in [0.717, 1.165) is 15.6 Å². The Bertz CT molecular complexity index is 514. The van der Waals surface area contributed by atoms with Gasteiger partial charge in [0.15, 0.2) is 5.13 Å². The van der Waals surface area contributed by atoms with Crippen molar-refractivity contribution in [2.24, 2.45) is 0 Å². The molecule has 3 nitrogen and oxygen atoms in total. The molecule has 0 amide bonds. The zero-order valence-corrected chi connectivity index (χ0v) is 11.2. The van der Waals surface area contributed by atoms with E-state index in [4.69, 9.17) is 4.74 Å². The van der Waals surface area contributed by atoms with Crippen molar-refractivity contribution in [3.8, 4) is 10.4 Å². The van der Waals surface area contributed by atoms with E-state index in [1.807, 2.05) is 0 Å². The van der Waals surface area contributed by atoms with Crippen LogP contribution in [0.5, 0.6) is 0 Å². The summed E-state index contributed by atoms with van der Waals surface area (Å²) in [6.07, 6.45) is -0.696. The summed E-state index contributed by atoms with van der Waals surface area (Å²) >= 11 is 1.49. The van der Waals surface area contributed by atoms with E-state index in [9.17, 15) is 8.78 Å². The lowest BCUT2D eigenvalue weighted by Gasteiger charge is -2.01. The third kappa shape index (κ3) is 3.71. The van der Waals surface area contributed by atoms with Crippen LogP contribution in [-0.4, -0.2) is 25.2 Å². The Morgan fingerprint density at radius 2 is 2.05 bits per heavy atom. The molecule has 6 heteroatoms. The minimum absolute atomic E-state index is 0.0340. The molecule has 1 aromatic carbocycles. The van der Waals surface area contributed by atoms with E-state index in [0.29, 0.717) is 13.2 Å². The highest BCUT2D eigenvalue weighted by atomic mass is 32.1. The molecule has 0 saturated heterocycles. The second-order valence-electron chi connectivity index (χ2n) is 3.87. The first kappa shape index (κ1) is 13.9. The number of rotatable bonds is 6. The van der Waals surface area contributed by atoms with Crippen LogP contribution < -0.4 is 5.32 Å². The molecule has 102 valence electrons. The van der Waals surface area contributed by atoms with Gasteiger partial charge in [-0.05, 0) is 5.56 Å². The number of aromatic nitrogens is 1. The van der Waals surface area contributed by atoms with E-state index in [1.54, 1.807) is 25.4 Å². The molecule has 1 aromatic heterocycles. The zero-order valence-electron chi connectivity index (χ0n) is 10.4. The third-order valence-corrected chi connectivity index (χ3v) is 3.54. The molecule has 0 saturated carbocycles. The van der Waals surface area contributed by atoms with Crippen LogP contribution in [0, 0.1) is 0 Å². The average Bonchev–Trinajstić information content (AvgIpc) is 2.88. The lowest BCUT2D eigenvalue weighted by atomic mass is 10.1. The van der Waals surface area contributed by atoms with Gasteiger partial charge < -0.3 is 10.1 Å². The Balaban J connectivity index is 2.05. The van der Waals surface area contributed by atoms with Crippen LogP contribution in [0.3, 0.4) is 0 Å². The van der Waals surface area contributed by atoms with Gasteiger partial charge >= 0.3 is 0 Å². The van der Waals surface area contributed by atoms with Gasteiger partial charge in [-0.25, -0.2) is 13.8 Å². The Hall–Kier alpha value is -1.53. The highest BCUT2D eigenvalue weighted by molar-refractivity contribution is 7.18. The Morgan fingerprint density at radius 1 is 1.32 bits per heavy atom. The van der Waals surface area contributed by atoms with E-state index in [2.05, 4.69) is 10.3 Å². The van der Waals surface area contributed by atoms with E-state index in [1.165, 1.54) is 23.5 Å². The predicted octanol–water partition coefficient (Wildman–Crippen LogP) is 3.81. The Morgan fingerprint density at radius 3 is 2.68 bits per heavy atom. The second kappa shape index (κ2) is 6.58. The van der Waals surface area contributed by atoms with Crippen molar-refractivity contribution in [2.45, 2.75) is 6.43 Å². The van der Waals surface area contributed by atoms with Crippen molar-refractivity contribution < 1.29 is 13.5 Å². The first-order valence-corrected chi connectivity index (χ1v) is 6.59. The quantitative estimate of drug-likeness (QED) is 0.819. The first-order chi connectivity index (χ1) is 9.20. The number of nitrogens with zero attached hydrogens (tertiary/aromatic N) is 1. The van der Waals surface area contributed by atoms with Gasteiger partial charge in [-0.2, -0.15) is 0 Å². The third-order valence-electron chi connectivity index (χ3n) is 2.54. The minimum atomic E-state index is -2.43. The van der Waals surface area contributed by atoms with Crippen LogP contribution in [-0.2, 0) is 4.74 Å². The molecule has 0 radical (unpaired) electrons. The molecule has 2 rings (SSSR count). The van der Waals surface area contributed by atoms with E-state index < -0.39 is 6.43 Å². The minimum Gasteiger partial charge on any atom is -0.383 e. The van der Waals surface area contributed by atoms with Crippen molar-refractivity contribution >= 4 is 16.5 Å². The van der Waals surface area contributed by atoms with Crippen LogP contribution in [0.4, 0.5) is 13.9 Å². The monoisotopic (exact) mass is 284 g/mol. The number of anilines is 1. The molecule has 0 atom stereocenters. The van der Waals surface area contributed by atoms with Crippen LogP contribution in [0.2, 0.25) is 0 Å². The number of thiazole rings is 1. The molecule has 0 aliphatic heterocycles. The number of hydrogen-bond acceptors (Lipinski definition) is 4. The van der Waals surface area contributed by atoms with Crippen molar-refractivity contribution in [3.05, 3.63) is 36.0 Å². The fourth-order valence-electron chi connectivity index (χ4n) is 1.54. The maximum absolute atomic E-state index is 12.4. The van der Waals surface area contributed by atoms with Gasteiger partial charge in [-0.15, -0.1) is 0 Å². The van der Waals surface area contributed by atoms with Crippen molar-refractivity contribution in [2.75, 3.05) is 25.6 Å². The van der Waals surface area contributed by atoms with Gasteiger partial charge in [0, 0.05) is 25.4 Å².